The van der Waals surface area contributed by atoms with Crippen molar-refractivity contribution in [2.24, 2.45) is 5.10 Å². The van der Waals surface area contributed by atoms with Crippen molar-refractivity contribution >= 4 is 27.3 Å². The highest BCUT2D eigenvalue weighted by molar-refractivity contribution is 9.10. The van der Waals surface area contributed by atoms with Crippen LogP contribution in [0.15, 0.2) is 76.3 Å². The largest absolute Gasteiger partial charge is 0.497 e. The van der Waals surface area contributed by atoms with Crippen molar-refractivity contribution in [3.05, 3.63) is 98.0 Å². The number of nitro groups is 1. The van der Waals surface area contributed by atoms with E-state index in [2.05, 4.69) is 15.9 Å². The normalized spacial score (nSPS) is 19.2. The minimum atomic E-state index is -0.568. The van der Waals surface area contributed by atoms with Gasteiger partial charge in [-0.05, 0) is 30.3 Å². The highest BCUT2D eigenvalue weighted by Crippen LogP contribution is 2.48. The number of hydrogen-bond acceptors (Lipinski definition) is 6. The van der Waals surface area contributed by atoms with Crippen molar-refractivity contribution in [1.82, 2.24) is 5.01 Å². The molecular formula is C23H18BrN3O4. The minimum absolute atomic E-state index is 0.0236. The Labute approximate surface area is 187 Å². The number of halogens is 1. The Morgan fingerprint density at radius 1 is 1.16 bits per heavy atom. The van der Waals surface area contributed by atoms with Crippen molar-refractivity contribution in [3.63, 3.8) is 0 Å². The van der Waals surface area contributed by atoms with Gasteiger partial charge in [-0.2, -0.15) is 5.10 Å². The van der Waals surface area contributed by atoms with Gasteiger partial charge in [-0.15, -0.1) is 0 Å². The van der Waals surface area contributed by atoms with Gasteiger partial charge in [0.25, 0.3) is 5.69 Å². The molecule has 0 bridgehead atoms. The van der Waals surface area contributed by atoms with Crippen LogP contribution in [0, 0.1) is 10.1 Å². The molecule has 0 fully saturated rings. The Bertz CT molecular complexity index is 1210. The van der Waals surface area contributed by atoms with E-state index in [-0.39, 0.29) is 11.7 Å². The van der Waals surface area contributed by atoms with Gasteiger partial charge in [-0.25, -0.2) is 5.01 Å². The van der Waals surface area contributed by atoms with Gasteiger partial charge < -0.3 is 9.47 Å². The molecule has 0 saturated carbocycles. The first kappa shape index (κ1) is 19.6. The molecule has 156 valence electrons. The standard InChI is InChI=1S/C23H18BrN3O4/c1-30-18-7-3-4-14(11-18)20-13-21-19-12-16(24)8-9-22(19)31-23(26(21)25-20)15-5-2-6-17(10-15)27(28)29/h2-12,21,23H,13H2,1H3/t21-,23-/m1/s1. The van der Waals surface area contributed by atoms with Crippen LogP contribution in [0.3, 0.4) is 0 Å². The molecule has 3 aromatic rings. The zero-order valence-electron chi connectivity index (χ0n) is 16.6. The summed E-state index contributed by atoms with van der Waals surface area (Å²) < 4.78 is 12.6. The van der Waals surface area contributed by atoms with E-state index in [0.29, 0.717) is 12.0 Å². The summed E-state index contributed by atoms with van der Waals surface area (Å²) in [5.74, 6) is 1.52. The Kier molecular flexibility index (Phi) is 4.86. The zero-order valence-corrected chi connectivity index (χ0v) is 18.2. The fourth-order valence-corrected chi connectivity index (χ4v) is 4.43. The molecular weight excluding hydrogens is 462 g/mol. The summed E-state index contributed by atoms with van der Waals surface area (Å²) in [5.41, 5.74) is 3.62. The summed E-state index contributed by atoms with van der Waals surface area (Å²) >= 11 is 3.55. The molecule has 0 aromatic heterocycles. The second-order valence-corrected chi connectivity index (χ2v) is 8.30. The molecule has 31 heavy (non-hydrogen) atoms. The molecule has 2 heterocycles. The molecule has 2 atom stereocenters. The number of benzene rings is 3. The monoisotopic (exact) mass is 479 g/mol. The van der Waals surface area contributed by atoms with Crippen molar-refractivity contribution in [2.75, 3.05) is 7.11 Å². The smallest absolute Gasteiger partial charge is 0.269 e. The van der Waals surface area contributed by atoms with Gasteiger partial charge in [0.15, 0.2) is 0 Å². The predicted octanol–water partition coefficient (Wildman–Crippen LogP) is 5.61. The molecule has 0 amide bonds. The molecule has 0 unspecified atom stereocenters. The van der Waals surface area contributed by atoms with E-state index in [9.17, 15) is 10.1 Å². The van der Waals surface area contributed by atoms with Crippen LogP contribution in [0.1, 0.15) is 35.4 Å². The first-order chi connectivity index (χ1) is 15.0. The number of hydrazone groups is 1. The van der Waals surface area contributed by atoms with Gasteiger partial charge >= 0.3 is 0 Å². The Balaban J connectivity index is 1.60. The number of non-ortho nitro benzene ring substituents is 1. The Hall–Kier alpha value is -3.39. The van der Waals surface area contributed by atoms with Gasteiger partial charge in [0, 0.05) is 39.7 Å². The van der Waals surface area contributed by atoms with E-state index in [0.717, 1.165) is 32.8 Å². The lowest BCUT2D eigenvalue weighted by molar-refractivity contribution is -0.385. The molecule has 0 aliphatic carbocycles. The van der Waals surface area contributed by atoms with Crippen LogP contribution in [0.5, 0.6) is 11.5 Å². The number of nitrogens with zero attached hydrogens (tertiary/aromatic N) is 3. The van der Waals surface area contributed by atoms with E-state index in [1.807, 2.05) is 53.5 Å². The van der Waals surface area contributed by atoms with Crippen LogP contribution >= 0.6 is 15.9 Å². The fourth-order valence-electron chi connectivity index (χ4n) is 4.05. The average molecular weight is 480 g/mol. The molecule has 2 aliphatic rings. The van der Waals surface area contributed by atoms with Gasteiger partial charge in [0.05, 0.1) is 23.8 Å². The molecule has 7 nitrogen and oxygen atoms in total. The molecule has 0 spiro atoms. The third kappa shape index (κ3) is 3.53. The van der Waals surface area contributed by atoms with Crippen molar-refractivity contribution in [2.45, 2.75) is 18.7 Å². The minimum Gasteiger partial charge on any atom is -0.497 e. The average Bonchev–Trinajstić information content (AvgIpc) is 3.24. The van der Waals surface area contributed by atoms with E-state index >= 15 is 0 Å². The molecule has 0 radical (unpaired) electrons. The maximum absolute atomic E-state index is 11.3. The third-order valence-corrected chi connectivity index (χ3v) is 6.01. The van der Waals surface area contributed by atoms with E-state index < -0.39 is 11.2 Å². The number of ether oxygens (including phenoxy) is 2. The van der Waals surface area contributed by atoms with Crippen LogP contribution in [0.25, 0.3) is 0 Å². The van der Waals surface area contributed by atoms with E-state index in [1.165, 1.54) is 6.07 Å². The number of methoxy groups -OCH3 is 1. The fraction of sp³-hybridized carbons (Fsp3) is 0.174. The predicted molar refractivity (Wildman–Crippen MR) is 119 cm³/mol. The van der Waals surface area contributed by atoms with Gasteiger partial charge in [-0.1, -0.05) is 40.2 Å². The SMILES string of the molecule is COc1cccc(C2=NN3[C@H](C2)c2cc(Br)ccc2O[C@@H]3c2cccc([N+](=O)[O-])c2)c1. The molecule has 3 aromatic carbocycles. The topological polar surface area (TPSA) is 77.2 Å². The molecule has 0 N–H and O–H groups in total. The van der Waals surface area contributed by atoms with Crippen LogP contribution in [-0.2, 0) is 0 Å². The summed E-state index contributed by atoms with van der Waals surface area (Å²) in [6.45, 7) is 0. The van der Waals surface area contributed by atoms with Crippen LogP contribution < -0.4 is 9.47 Å². The van der Waals surface area contributed by atoms with Crippen LogP contribution in [0.4, 0.5) is 5.69 Å². The Morgan fingerprint density at radius 2 is 2.00 bits per heavy atom. The molecule has 5 rings (SSSR count). The van der Waals surface area contributed by atoms with Crippen molar-refractivity contribution in [1.29, 1.82) is 0 Å². The maximum atomic E-state index is 11.3. The quantitative estimate of drug-likeness (QED) is 0.359. The molecule has 8 heteroatoms. The van der Waals surface area contributed by atoms with Crippen LogP contribution in [-0.4, -0.2) is 22.8 Å². The lowest BCUT2D eigenvalue weighted by atomic mass is 9.96. The summed E-state index contributed by atoms with van der Waals surface area (Å²) in [4.78, 5) is 10.9. The summed E-state index contributed by atoms with van der Waals surface area (Å²) in [6.07, 6.45) is 0.118. The second kappa shape index (κ2) is 7.70. The highest BCUT2D eigenvalue weighted by atomic mass is 79.9. The maximum Gasteiger partial charge on any atom is 0.269 e. The van der Waals surface area contributed by atoms with E-state index in [4.69, 9.17) is 14.6 Å². The van der Waals surface area contributed by atoms with Crippen molar-refractivity contribution < 1.29 is 14.4 Å². The number of nitro benzene ring substituents is 1. The molecule has 0 saturated heterocycles. The zero-order chi connectivity index (χ0) is 21.5. The van der Waals surface area contributed by atoms with Gasteiger partial charge in [0.2, 0.25) is 6.23 Å². The number of hydrogen-bond donors (Lipinski definition) is 0. The first-order valence-corrected chi connectivity index (χ1v) is 10.5. The highest BCUT2D eigenvalue weighted by Gasteiger charge is 2.41. The summed E-state index contributed by atoms with van der Waals surface area (Å²) in [5, 5.41) is 18.1. The summed E-state index contributed by atoms with van der Waals surface area (Å²) in [7, 11) is 1.64. The summed E-state index contributed by atoms with van der Waals surface area (Å²) in [6, 6.07) is 20.2. The molecule has 2 aliphatic heterocycles. The number of fused-ring (bicyclic) bond motifs is 3. The van der Waals surface area contributed by atoms with E-state index in [1.54, 1.807) is 19.2 Å². The van der Waals surface area contributed by atoms with Gasteiger partial charge in [-0.3, -0.25) is 10.1 Å². The lowest BCUT2D eigenvalue weighted by Crippen LogP contribution is -2.33. The lowest BCUT2D eigenvalue weighted by Gasteiger charge is -2.38. The Morgan fingerprint density at radius 3 is 2.81 bits per heavy atom. The first-order valence-electron chi connectivity index (χ1n) is 9.74. The van der Waals surface area contributed by atoms with Crippen molar-refractivity contribution in [3.8, 4) is 11.5 Å². The second-order valence-electron chi connectivity index (χ2n) is 7.38. The third-order valence-electron chi connectivity index (χ3n) is 5.52. The van der Waals surface area contributed by atoms with Crippen LogP contribution in [0.2, 0.25) is 0 Å². The van der Waals surface area contributed by atoms with Gasteiger partial charge in [0.1, 0.15) is 11.5 Å². The number of rotatable bonds is 4.